The minimum atomic E-state index is -5.04. The van der Waals surface area contributed by atoms with Crippen LogP contribution in [-0.2, 0) is 25.3 Å². The molecule has 42 heavy (non-hydrogen) atoms. The van der Waals surface area contributed by atoms with Crippen LogP contribution in [0.25, 0.3) is 10.8 Å². The molecular weight excluding hydrogens is 603 g/mol. The van der Waals surface area contributed by atoms with Gasteiger partial charge in [0.2, 0.25) is 0 Å². The van der Waals surface area contributed by atoms with E-state index in [9.17, 15) is 31.1 Å². The van der Waals surface area contributed by atoms with Crippen LogP contribution >= 0.6 is 24.8 Å². The molecule has 0 spiro atoms. The number of piperazine rings is 1. The summed E-state index contributed by atoms with van der Waals surface area (Å²) in [7, 11) is 0. The Bertz CT molecular complexity index is 1480. The molecule has 1 atom stereocenters. The zero-order valence-electron chi connectivity index (χ0n) is 22.0. The van der Waals surface area contributed by atoms with Gasteiger partial charge in [0.25, 0.3) is 5.91 Å². The van der Waals surface area contributed by atoms with Crippen LogP contribution in [0.1, 0.15) is 32.6 Å². The van der Waals surface area contributed by atoms with Crippen LogP contribution in [-0.4, -0.2) is 46.4 Å². The van der Waals surface area contributed by atoms with E-state index in [1.165, 1.54) is 4.90 Å². The minimum absolute atomic E-state index is 0. The first kappa shape index (κ1) is 33.2. The van der Waals surface area contributed by atoms with Crippen molar-refractivity contribution in [1.82, 2.24) is 14.8 Å². The highest BCUT2D eigenvalue weighted by atomic mass is 35.5. The molecule has 1 amide bonds. The number of aromatic nitrogens is 1. The zero-order chi connectivity index (χ0) is 28.5. The van der Waals surface area contributed by atoms with Crippen LogP contribution in [0.3, 0.4) is 0 Å². The highest BCUT2D eigenvalue weighted by Crippen LogP contribution is 2.37. The van der Waals surface area contributed by atoms with Crippen LogP contribution < -0.4 is 0 Å². The molecule has 2 heterocycles. The maximum atomic E-state index is 13.6. The van der Waals surface area contributed by atoms with Crippen molar-refractivity contribution in [2.45, 2.75) is 31.4 Å². The average molecular weight is 630 g/mol. The first-order chi connectivity index (χ1) is 19.0. The molecule has 1 fully saturated rings. The van der Waals surface area contributed by atoms with Gasteiger partial charge in [0.1, 0.15) is 0 Å². The summed E-state index contributed by atoms with van der Waals surface area (Å²) in [4.78, 5) is 21.2. The number of carbonyl (C=O) groups is 1. The first-order valence-electron chi connectivity index (χ1n) is 12.7. The first-order valence-corrected chi connectivity index (χ1v) is 12.7. The third-order valence-corrected chi connectivity index (χ3v) is 7.08. The van der Waals surface area contributed by atoms with Gasteiger partial charge in [-0.1, -0.05) is 48.5 Å². The van der Waals surface area contributed by atoms with E-state index in [0.29, 0.717) is 38.2 Å². The minimum Gasteiger partial charge on any atom is -0.333 e. The molecule has 0 aliphatic carbocycles. The predicted octanol–water partition coefficient (Wildman–Crippen LogP) is 7.69. The van der Waals surface area contributed by atoms with Crippen molar-refractivity contribution in [3.8, 4) is 0 Å². The molecule has 4 nitrogen and oxygen atoms in total. The maximum Gasteiger partial charge on any atom is 0.416 e. The van der Waals surface area contributed by atoms with E-state index in [2.05, 4.69) is 9.88 Å². The lowest BCUT2D eigenvalue weighted by molar-refractivity contribution is -0.143. The van der Waals surface area contributed by atoms with Crippen molar-refractivity contribution >= 4 is 41.5 Å². The van der Waals surface area contributed by atoms with Crippen LogP contribution in [0.2, 0.25) is 0 Å². The van der Waals surface area contributed by atoms with Gasteiger partial charge in [-0.25, -0.2) is 0 Å². The fourth-order valence-corrected chi connectivity index (χ4v) is 5.14. The highest BCUT2D eigenvalue weighted by Gasteiger charge is 2.39. The van der Waals surface area contributed by atoms with Crippen molar-refractivity contribution in [2.75, 3.05) is 19.6 Å². The molecule has 0 saturated carbocycles. The maximum absolute atomic E-state index is 13.6. The lowest BCUT2D eigenvalue weighted by atomic mass is 9.97. The van der Waals surface area contributed by atoms with E-state index in [4.69, 9.17) is 0 Å². The van der Waals surface area contributed by atoms with Gasteiger partial charge >= 0.3 is 12.4 Å². The van der Waals surface area contributed by atoms with Crippen molar-refractivity contribution in [1.29, 1.82) is 0 Å². The molecule has 1 aliphatic heterocycles. The summed E-state index contributed by atoms with van der Waals surface area (Å²) in [5.41, 5.74) is -1.78. The van der Waals surface area contributed by atoms with Gasteiger partial charge in [0.15, 0.2) is 0 Å². The van der Waals surface area contributed by atoms with Crippen molar-refractivity contribution < 1.29 is 31.1 Å². The summed E-state index contributed by atoms with van der Waals surface area (Å²) in [6.07, 6.45) is -6.30. The number of hydrogen-bond donors (Lipinski definition) is 0. The van der Waals surface area contributed by atoms with E-state index < -0.39 is 41.0 Å². The van der Waals surface area contributed by atoms with Crippen LogP contribution in [0.15, 0.2) is 85.2 Å². The highest BCUT2D eigenvalue weighted by molar-refractivity contribution is 5.95. The topological polar surface area (TPSA) is 36.4 Å². The van der Waals surface area contributed by atoms with Gasteiger partial charge in [0.05, 0.1) is 11.1 Å². The Hall–Kier alpha value is -3.34. The summed E-state index contributed by atoms with van der Waals surface area (Å²) in [6, 6.07) is 17.9. The molecule has 12 heteroatoms. The Morgan fingerprint density at radius 2 is 1.45 bits per heavy atom. The number of rotatable bonds is 5. The monoisotopic (exact) mass is 629 g/mol. The predicted molar refractivity (Wildman–Crippen MR) is 153 cm³/mol. The Balaban J connectivity index is 0.00000242. The zero-order valence-corrected chi connectivity index (χ0v) is 23.7. The number of nitrogens with zero attached hydrogens (tertiary/aromatic N) is 3. The molecule has 1 aromatic heterocycles. The summed E-state index contributed by atoms with van der Waals surface area (Å²) in [6.45, 7) is 1.49. The molecule has 4 aromatic rings. The normalized spacial score (nSPS) is 16.0. The molecule has 3 aromatic carbocycles. The van der Waals surface area contributed by atoms with Crippen LogP contribution in [0.4, 0.5) is 26.3 Å². The number of pyridine rings is 1. The van der Waals surface area contributed by atoms with Crippen molar-refractivity contribution in [2.24, 2.45) is 0 Å². The molecule has 5 rings (SSSR count). The SMILES string of the molecule is Cl.Cl.O=C(c1cc(C(F)(F)F)cc(C(F)(F)F)c1)N1CCN(Cc2cccnc2)C[C@H]1Cc1ccc2ccccc2c1. The smallest absolute Gasteiger partial charge is 0.333 e. The Labute approximate surface area is 251 Å². The molecule has 224 valence electrons. The number of amides is 1. The van der Waals surface area contributed by atoms with Gasteiger partial charge in [-0.05, 0) is 52.6 Å². The van der Waals surface area contributed by atoms with E-state index in [-0.39, 0.29) is 37.4 Å². The standard InChI is InChI=1S/C30H25F6N3O.2ClH/c31-29(32,33)25-14-24(15-26(16-25)30(34,35)36)28(40)39-11-10-38(18-21-4-3-9-37-17-21)19-27(39)13-20-7-8-22-5-1-2-6-23(22)12-20;;/h1-9,12,14-17,27H,10-11,13,18-19H2;2*1H/t27-;;/m1../s1. The van der Waals surface area contributed by atoms with Gasteiger partial charge in [-0.15, -0.1) is 24.8 Å². The number of benzene rings is 3. The third-order valence-electron chi connectivity index (χ3n) is 7.08. The van der Waals surface area contributed by atoms with E-state index in [1.807, 2.05) is 54.6 Å². The van der Waals surface area contributed by atoms with Crippen LogP contribution in [0, 0.1) is 0 Å². The molecule has 0 N–H and O–H groups in total. The molecule has 0 unspecified atom stereocenters. The van der Waals surface area contributed by atoms with E-state index in [1.54, 1.807) is 12.4 Å². The fraction of sp³-hybridized carbons (Fsp3) is 0.267. The van der Waals surface area contributed by atoms with Crippen LogP contribution in [0.5, 0.6) is 0 Å². The molecule has 0 radical (unpaired) electrons. The Morgan fingerprint density at radius 1 is 0.786 bits per heavy atom. The summed E-state index contributed by atoms with van der Waals surface area (Å²) in [5.74, 6) is -0.858. The largest absolute Gasteiger partial charge is 0.416 e. The fourth-order valence-electron chi connectivity index (χ4n) is 5.14. The number of halogens is 8. The van der Waals surface area contributed by atoms with Gasteiger partial charge in [-0.2, -0.15) is 26.3 Å². The van der Waals surface area contributed by atoms with E-state index >= 15 is 0 Å². The number of carbonyl (C=O) groups excluding carboxylic acids is 1. The van der Waals surface area contributed by atoms with Gasteiger partial charge in [0, 0.05) is 50.2 Å². The lowest BCUT2D eigenvalue weighted by Gasteiger charge is -2.42. The summed E-state index contributed by atoms with van der Waals surface area (Å²) < 4.78 is 80.9. The second-order valence-corrected chi connectivity index (χ2v) is 9.93. The summed E-state index contributed by atoms with van der Waals surface area (Å²) in [5, 5.41) is 2.03. The van der Waals surface area contributed by atoms with E-state index in [0.717, 1.165) is 21.9 Å². The average Bonchev–Trinajstić information content (AvgIpc) is 2.92. The molecule has 1 saturated heterocycles. The third kappa shape index (κ3) is 7.73. The molecule has 1 aliphatic rings. The molecule has 0 bridgehead atoms. The Morgan fingerprint density at radius 3 is 2.07 bits per heavy atom. The molecular formula is C30H27Cl2F6N3O. The Kier molecular flexibility index (Phi) is 10.5. The number of alkyl halides is 6. The van der Waals surface area contributed by atoms with Crippen molar-refractivity contribution in [3.05, 3.63) is 113 Å². The number of fused-ring (bicyclic) bond motifs is 1. The lowest BCUT2D eigenvalue weighted by Crippen LogP contribution is -2.55. The van der Waals surface area contributed by atoms with Gasteiger partial charge in [-0.3, -0.25) is 14.7 Å². The summed E-state index contributed by atoms with van der Waals surface area (Å²) >= 11 is 0. The number of hydrogen-bond acceptors (Lipinski definition) is 3. The van der Waals surface area contributed by atoms with Crippen molar-refractivity contribution in [3.63, 3.8) is 0 Å². The second kappa shape index (κ2) is 13.3. The second-order valence-electron chi connectivity index (χ2n) is 9.93. The van der Waals surface area contributed by atoms with Gasteiger partial charge < -0.3 is 4.90 Å². The quantitative estimate of drug-likeness (QED) is 0.212.